The molecule has 118 valence electrons. The standard InChI is InChI=1S/C18H29NO2/c1-6-12-7-13(18(12,4)5)10-19-11-14-15(20)8-17(2,3)9-16(14)21/h11-13,20H,6-10H2,1-5H3/p+1/t12-,13+/m1/s1. The fourth-order valence-electron chi connectivity index (χ4n) is 3.93. The number of carbonyl (C=O) groups is 1. The van der Waals surface area contributed by atoms with Crippen molar-refractivity contribution in [3.8, 4) is 0 Å². The minimum absolute atomic E-state index is 0.0514. The van der Waals surface area contributed by atoms with Gasteiger partial charge in [-0.15, -0.1) is 0 Å². The van der Waals surface area contributed by atoms with E-state index >= 15 is 0 Å². The molecule has 0 aromatic heterocycles. The first-order valence-electron chi connectivity index (χ1n) is 8.19. The summed E-state index contributed by atoms with van der Waals surface area (Å²) in [5, 5.41) is 10.1. The molecule has 0 radical (unpaired) electrons. The number of nitrogens with one attached hydrogen (secondary N) is 1. The normalized spacial score (nSPS) is 31.6. The van der Waals surface area contributed by atoms with Crippen LogP contribution in [0, 0.1) is 22.7 Å². The number of aliphatic hydroxyl groups excluding tert-OH is 1. The van der Waals surface area contributed by atoms with Crippen LogP contribution in [-0.2, 0) is 4.79 Å². The van der Waals surface area contributed by atoms with Crippen LogP contribution in [0.2, 0.25) is 0 Å². The average Bonchev–Trinajstić information content (AvgIpc) is 2.33. The molecule has 0 saturated heterocycles. The van der Waals surface area contributed by atoms with Crippen LogP contribution < -0.4 is 4.99 Å². The molecule has 2 aliphatic carbocycles. The molecule has 1 saturated carbocycles. The van der Waals surface area contributed by atoms with E-state index in [1.165, 1.54) is 12.8 Å². The lowest BCUT2D eigenvalue weighted by molar-refractivity contribution is -0.472. The molecule has 3 heteroatoms. The molecule has 0 heterocycles. The maximum absolute atomic E-state index is 12.1. The summed E-state index contributed by atoms with van der Waals surface area (Å²) >= 11 is 0. The maximum atomic E-state index is 12.1. The highest BCUT2D eigenvalue weighted by molar-refractivity contribution is 6.13. The van der Waals surface area contributed by atoms with Gasteiger partial charge in [-0.1, -0.05) is 41.0 Å². The first-order chi connectivity index (χ1) is 9.67. The summed E-state index contributed by atoms with van der Waals surface area (Å²) in [4.78, 5) is 15.4. The predicted molar refractivity (Wildman–Crippen MR) is 85.2 cm³/mol. The second-order valence-corrected chi connectivity index (χ2v) is 8.21. The van der Waals surface area contributed by atoms with Crippen LogP contribution in [0.15, 0.2) is 11.3 Å². The Morgan fingerprint density at radius 1 is 1.24 bits per heavy atom. The van der Waals surface area contributed by atoms with Gasteiger partial charge in [0.15, 0.2) is 12.0 Å². The Labute approximate surface area is 128 Å². The fourth-order valence-corrected chi connectivity index (χ4v) is 3.93. The van der Waals surface area contributed by atoms with Gasteiger partial charge in [-0.3, -0.25) is 4.79 Å². The van der Waals surface area contributed by atoms with Crippen LogP contribution in [0.3, 0.4) is 0 Å². The molecule has 0 aliphatic heterocycles. The zero-order valence-corrected chi connectivity index (χ0v) is 14.1. The molecule has 0 bridgehead atoms. The van der Waals surface area contributed by atoms with Crippen LogP contribution in [-0.4, -0.2) is 23.6 Å². The van der Waals surface area contributed by atoms with Crippen molar-refractivity contribution in [3.63, 3.8) is 0 Å². The molecular formula is C18H30NO2+. The van der Waals surface area contributed by atoms with Gasteiger partial charge in [0.2, 0.25) is 0 Å². The fraction of sp³-hybridized carbons (Fsp3) is 0.778. The Balaban J connectivity index is 1.98. The number of allylic oxidation sites excluding steroid dienone is 2. The van der Waals surface area contributed by atoms with E-state index in [0.29, 0.717) is 29.7 Å². The van der Waals surface area contributed by atoms with Crippen molar-refractivity contribution in [3.05, 3.63) is 11.3 Å². The van der Waals surface area contributed by atoms with Gasteiger partial charge >= 0.3 is 0 Å². The number of hydrogen-bond acceptors (Lipinski definition) is 2. The molecule has 2 rings (SSSR count). The monoisotopic (exact) mass is 292 g/mol. The first-order valence-corrected chi connectivity index (χ1v) is 8.19. The van der Waals surface area contributed by atoms with Gasteiger partial charge in [-0.2, -0.15) is 0 Å². The Morgan fingerprint density at radius 2 is 1.90 bits per heavy atom. The van der Waals surface area contributed by atoms with Crippen molar-refractivity contribution in [1.29, 1.82) is 0 Å². The number of Topliss-reactive ketones (excluding diaryl/α,β-unsaturated/α-hetero) is 1. The summed E-state index contributed by atoms with van der Waals surface area (Å²) in [6.07, 6.45) is 5.34. The van der Waals surface area contributed by atoms with Gasteiger partial charge in [0.25, 0.3) is 0 Å². The van der Waals surface area contributed by atoms with Gasteiger partial charge in [0, 0.05) is 18.8 Å². The van der Waals surface area contributed by atoms with Gasteiger partial charge in [-0.05, 0) is 23.2 Å². The smallest absolute Gasteiger partial charge is 0.176 e. The topological polar surface area (TPSA) is 51.3 Å². The van der Waals surface area contributed by atoms with E-state index in [1.807, 2.05) is 13.8 Å². The molecule has 0 aromatic rings. The number of rotatable bonds is 4. The summed E-state index contributed by atoms with van der Waals surface area (Å²) in [5.74, 6) is 1.75. The SMILES string of the molecule is CC[C@@H]1C[C@@H](C[NH+]=CC2=C(O)CC(C)(C)CC2=O)C1(C)C. The second kappa shape index (κ2) is 5.58. The molecule has 0 aromatic carbocycles. The van der Waals surface area contributed by atoms with Crippen LogP contribution in [0.5, 0.6) is 0 Å². The van der Waals surface area contributed by atoms with Crippen molar-refractivity contribution >= 4 is 12.0 Å². The van der Waals surface area contributed by atoms with E-state index in [1.54, 1.807) is 6.21 Å². The third-order valence-corrected chi connectivity index (χ3v) is 5.67. The molecular weight excluding hydrogens is 262 g/mol. The van der Waals surface area contributed by atoms with Crippen molar-refractivity contribution in [2.24, 2.45) is 22.7 Å². The molecule has 21 heavy (non-hydrogen) atoms. The van der Waals surface area contributed by atoms with Crippen molar-refractivity contribution < 1.29 is 14.9 Å². The summed E-state index contributed by atoms with van der Waals surface area (Å²) in [6, 6.07) is 0. The van der Waals surface area contributed by atoms with E-state index in [-0.39, 0.29) is 17.0 Å². The van der Waals surface area contributed by atoms with Gasteiger partial charge in [0.05, 0.1) is 0 Å². The molecule has 2 N–H and O–H groups in total. The molecule has 2 atom stereocenters. The summed E-state index contributed by atoms with van der Waals surface area (Å²) < 4.78 is 0. The third-order valence-electron chi connectivity index (χ3n) is 5.67. The van der Waals surface area contributed by atoms with E-state index in [0.717, 1.165) is 12.5 Å². The number of ketones is 1. The van der Waals surface area contributed by atoms with E-state index in [4.69, 9.17) is 0 Å². The molecule has 2 aliphatic rings. The molecule has 1 fully saturated rings. The number of hydrogen-bond donors (Lipinski definition) is 2. The quantitative estimate of drug-likeness (QED) is 0.782. The Bertz CT molecular complexity index is 485. The van der Waals surface area contributed by atoms with Crippen LogP contribution in [0.4, 0.5) is 0 Å². The number of aliphatic hydroxyl groups is 1. The molecule has 0 amide bonds. The lowest BCUT2D eigenvalue weighted by Gasteiger charge is -2.50. The van der Waals surface area contributed by atoms with Crippen LogP contribution >= 0.6 is 0 Å². The average molecular weight is 292 g/mol. The lowest BCUT2D eigenvalue weighted by atomic mass is 9.54. The predicted octanol–water partition coefficient (Wildman–Crippen LogP) is 2.41. The Morgan fingerprint density at radius 3 is 2.43 bits per heavy atom. The highest BCUT2D eigenvalue weighted by Gasteiger charge is 2.47. The van der Waals surface area contributed by atoms with Crippen molar-refractivity contribution in [2.45, 2.75) is 60.3 Å². The zero-order valence-electron chi connectivity index (χ0n) is 14.1. The van der Waals surface area contributed by atoms with Crippen LogP contribution in [0.1, 0.15) is 60.3 Å². The van der Waals surface area contributed by atoms with Gasteiger partial charge in [-0.25, -0.2) is 4.99 Å². The largest absolute Gasteiger partial charge is 0.511 e. The summed E-state index contributed by atoms with van der Waals surface area (Å²) in [6.45, 7) is 11.9. The highest BCUT2D eigenvalue weighted by atomic mass is 16.3. The van der Waals surface area contributed by atoms with E-state index in [9.17, 15) is 9.90 Å². The maximum Gasteiger partial charge on any atom is 0.176 e. The molecule has 3 nitrogen and oxygen atoms in total. The van der Waals surface area contributed by atoms with E-state index < -0.39 is 0 Å². The summed E-state index contributed by atoms with van der Waals surface area (Å²) in [7, 11) is 0. The zero-order chi connectivity index (χ0) is 15.8. The third kappa shape index (κ3) is 3.22. The van der Waals surface area contributed by atoms with Crippen LogP contribution in [0.25, 0.3) is 0 Å². The Kier molecular flexibility index (Phi) is 4.32. The lowest BCUT2D eigenvalue weighted by Crippen LogP contribution is -2.74. The highest BCUT2D eigenvalue weighted by Crippen LogP contribution is 2.51. The van der Waals surface area contributed by atoms with Gasteiger partial charge in [0.1, 0.15) is 17.9 Å². The number of carbonyl (C=O) groups excluding carboxylic acids is 1. The molecule has 0 spiro atoms. The van der Waals surface area contributed by atoms with E-state index in [2.05, 4.69) is 25.8 Å². The first kappa shape index (κ1) is 16.3. The summed E-state index contributed by atoms with van der Waals surface area (Å²) in [5.41, 5.74) is 0.742. The molecule has 0 unspecified atom stereocenters. The minimum atomic E-state index is -0.122. The van der Waals surface area contributed by atoms with Crippen molar-refractivity contribution in [2.75, 3.05) is 6.54 Å². The Hall–Kier alpha value is -1.12. The second-order valence-electron chi connectivity index (χ2n) is 8.21. The minimum Gasteiger partial charge on any atom is -0.511 e. The van der Waals surface area contributed by atoms with Gasteiger partial charge < -0.3 is 5.11 Å². The van der Waals surface area contributed by atoms with Crippen molar-refractivity contribution in [1.82, 2.24) is 0 Å².